The maximum absolute atomic E-state index is 13.7. The first-order valence-corrected chi connectivity index (χ1v) is 22.1. The molecular weight excluding hydrogens is 798 g/mol. The van der Waals surface area contributed by atoms with E-state index in [2.05, 4.69) is 45.7 Å². The summed E-state index contributed by atoms with van der Waals surface area (Å²) in [7, 11) is 0. The number of nitrogens with two attached hydrogens (primary N) is 1. The topological polar surface area (TPSA) is 328 Å². The Morgan fingerprint density at radius 2 is 1.00 bits per heavy atom. The number of aliphatic hydroxyl groups is 5. The molecule has 1 rings (SSSR count). The van der Waals surface area contributed by atoms with Crippen LogP contribution in [0.5, 0.6) is 0 Å². The third-order valence-corrected chi connectivity index (χ3v) is 10.4. The molecule has 8 atom stereocenters. The van der Waals surface area contributed by atoms with Crippen LogP contribution < -0.4 is 37.6 Å². The first-order valence-electron chi connectivity index (χ1n) is 22.1. The number of hydrogen-bond acceptors (Lipinski definition) is 13. The summed E-state index contributed by atoms with van der Waals surface area (Å²) in [4.78, 5) is 89.0. The summed E-state index contributed by atoms with van der Waals surface area (Å²) < 4.78 is 5.21. The second-order valence-electron chi connectivity index (χ2n) is 15.7. The predicted octanol–water partition coefficient (Wildman–Crippen LogP) is -1.09. The van der Waals surface area contributed by atoms with Crippen LogP contribution in [0.1, 0.15) is 142 Å². The molecule has 7 amide bonds. The summed E-state index contributed by atoms with van der Waals surface area (Å²) in [6.07, 6.45) is 7.83. The van der Waals surface area contributed by atoms with Crippen molar-refractivity contribution in [3.05, 3.63) is 0 Å². The number of aliphatic hydroxyl groups excluding tert-OH is 5. The quantitative estimate of drug-likeness (QED) is 0.0343. The normalized spacial score (nSPS) is 20.1. The van der Waals surface area contributed by atoms with Gasteiger partial charge in [-0.25, -0.2) is 0 Å². The fourth-order valence-corrected chi connectivity index (χ4v) is 6.75. The molecule has 0 aromatic carbocycles. The Kier molecular flexibility index (Phi) is 29.5. The number of primary amides is 1. The summed E-state index contributed by atoms with van der Waals surface area (Å²) in [5.41, 5.74) is 5.22. The molecule has 20 nitrogen and oxygen atoms in total. The van der Waals surface area contributed by atoms with Gasteiger partial charge < -0.3 is 67.9 Å². The van der Waals surface area contributed by atoms with Gasteiger partial charge in [0, 0.05) is 12.8 Å². The number of rotatable bonds is 34. The molecule has 0 aliphatic carbocycles. The number of amides is 7. The Labute approximate surface area is 359 Å². The Morgan fingerprint density at radius 1 is 0.541 bits per heavy atom. The summed E-state index contributed by atoms with van der Waals surface area (Å²) in [5.74, 6) is -5.25. The lowest BCUT2D eigenvalue weighted by Gasteiger charge is -2.40. The fourth-order valence-electron chi connectivity index (χ4n) is 6.75. The van der Waals surface area contributed by atoms with Crippen LogP contribution in [0.15, 0.2) is 0 Å². The van der Waals surface area contributed by atoms with E-state index in [4.69, 9.17) is 10.5 Å². The van der Waals surface area contributed by atoms with Crippen molar-refractivity contribution in [1.29, 1.82) is 0 Å². The van der Waals surface area contributed by atoms with Crippen LogP contribution in [0, 0.1) is 0 Å². The van der Waals surface area contributed by atoms with E-state index in [0.717, 1.165) is 70.6 Å². The van der Waals surface area contributed by atoms with Crippen molar-refractivity contribution in [3.8, 4) is 0 Å². The Balaban J connectivity index is 2.83. The molecule has 0 aromatic heterocycles. The van der Waals surface area contributed by atoms with Crippen molar-refractivity contribution in [2.45, 2.75) is 191 Å². The molecular formula is C41H75N7O13. The minimum absolute atomic E-state index is 0.243. The van der Waals surface area contributed by atoms with Gasteiger partial charge in [-0.3, -0.25) is 33.6 Å². The molecule has 0 bridgehead atoms. The lowest BCUT2D eigenvalue weighted by molar-refractivity contribution is -0.236. The van der Waals surface area contributed by atoms with Gasteiger partial charge in [-0.05, 0) is 12.8 Å². The highest BCUT2D eigenvalue weighted by Crippen LogP contribution is 2.20. The van der Waals surface area contributed by atoms with Gasteiger partial charge in [0.05, 0.1) is 26.3 Å². The third kappa shape index (κ3) is 23.7. The fraction of sp³-hybridized carbons (Fsp3) is 0.829. The molecule has 1 fully saturated rings. The van der Waals surface area contributed by atoms with E-state index < -0.39 is 129 Å². The molecule has 1 saturated heterocycles. The number of carbonyl (C=O) groups excluding carboxylic acids is 7. The van der Waals surface area contributed by atoms with Crippen LogP contribution >= 0.6 is 0 Å². The molecule has 3 unspecified atom stereocenters. The monoisotopic (exact) mass is 874 g/mol. The molecule has 1 aliphatic heterocycles. The van der Waals surface area contributed by atoms with Gasteiger partial charge in [0.1, 0.15) is 42.5 Å². The zero-order chi connectivity index (χ0) is 45.6. The first-order chi connectivity index (χ1) is 29.2. The van der Waals surface area contributed by atoms with Crippen LogP contribution in [0.2, 0.25) is 0 Å². The van der Waals surface area contributed by atoms with E-state index in [9.17, 15) is 59.1 Å². The van der Waals surface area contributed by atoms with E-state index in [-0.39, 0.29) is 6.42 Å². The molecule has 1 aliphatic rings. The Bertz CT molecular complexity index is 1320. The zero-order valence-electron chi connectivity index (χ0n) is 36.2. The number of carbonyl (C=O) groups is 7. The van der Waals surface area contributed by atoms with Crippen molar-refractivity contribution in [1.82, 2.24) is 31.9 Å². The molecule has 0 radical (unpaired) electrons. The van der Waals surface area contributed by atoms with Crippen molar-refractivity contribution in [3.63, 3.8) is 0 Å². The first kappa shape index (κ1) is 55.1. The standard InChI is InChI=1S/C41H75N7O13/c1-3-5-7-9-11-13-15-17-19-27(38(58)43-23-31(42)51)47-40(60)28(20-18-16-14-12-10-8-6-4-2)45-34(54)24-44-39(59)29(25-49)46-32(52)21-22-33(53)48-41-37(57)36(56)35(55)30(26-50)61-41/h27-30,35-37,41,49-50,55-57H,3-26H2,1-2H3,(H2,42,51)(H,43,58)(H,44,59)(H,45,54)(H,46,52)(H,47,60)(H,48,53)/t27?,28?,29?,30-,35+,36+,37-,41-/m1/s1. The average Bonchev–Trinajstić information content (AvgIpc) is 3.24. The Hall–Kier alpha value is -3.95. The second-order valence-corrected chi connectivity index (χ2v) is 15.7. The van der Waals surface area contributed by atoms with E-state index in [1.54, 1.807) is 0 Å². The van der Waals surface area contributed by atoms with Crippen LogP contribution in [-0.4, -0.2) is 142 Å². The van der Waals surface area contributed by atoms with Gasteiger partial charge in [0.25, 0.3) is 0 Å². The number of unbranched alkanes of at least 4 members (excludes halogenated alkanes) is 14. The average molecular weight is 874 g/mol. The van der Waals surface area contributed by atoms with Crippen LogP contribution in [-0.2, 0) is 38.3 Å². The van der Waals surface area contributed by atoms with E-state index in [0.29, 0.717) is 19.3 Å². The molecule has 352 valence electrons. The smallest absolute Gasteiger partial charge is 0.245 e. The third-order valence-electron chi connectivity index (χ3n) is 10.4. The predicted molar refractivity (Wildman–Crippen MR) is 224 cm³/mol. The highest BCUT2D eigenvalue weighted by molar-refractivity contribution is 5.95. The number of nitrogens with one attached hydrogen (secondary N) is 6. The van der Waals surface area contributed by atoms with Crippen LogP contribution in [0.25, 0.3) is 0 Å². The maximum Gasteiger partial charge on any atom is 0.245 e. The highest BCUT2D eigenvalue weighted by atomic mass is 16.6. The summed E-state index contributed by atoms with van der Waals surface area (Å²) >= 11 is 0. The summed E-state index contributed by atoms with van der Waals surface area (Å²) in [6, 6.07) is -3.57. The largest absolute Gasteiger partial charge is 0.394 e. The lowest BCUT2D eigenvalue weighted by atomic mass is 9.98. The zero-order valence-corrected chi connectivity index (χ0v) is 36.2. The lowest BCUT2D eigenvalue weighted by Crippen LogP contribution is -2.63. The molecule has 20 heteroatoms. The molecule has 13 N–H and O–H groups in total. The van der Waals surface area contributed by atoms with Crippen molar-refractivity contribution < 1.29 is 63.8 Å². The van der Waals surface area contributed by atoms with Crippen LogP contribution in [0.4, 0.5) is 0 Å². The maximum atomic E-state index is 13.7. The number of hydrogen-bond donors (Lipinski definition) is 12. The van der Waals surface area contributed by atoms with Crippen molar-refractivity contribution >= 4 is 41.4 Å². The van der Waals surface area contributed by atoms with E-state index >= 15 is 0 Å². The Morgan fingerprint density at radius 3 is 1.51 bits per heavy atom. The molecule has 61 heavy (non-hydrogen) atoms. The number of ether oxygens (including phenoxy) is 1. The van der Waals surface area contributed by atoms with E-state index in [1.807, 2.05) is 0 Å². The molecule has 0 spiro atoms. The van der Waals surface area contributed by atoms with Gasteiger partial charge in [-0.15, -0.1) is 0 Å². The minimum Gasteiger partial charge on any atom is -0.394 e. The molecule has 1 heterocycles. The van der Waals surface area contributed by atoms with Gasteiger partial charge in [0.15, 0.2) is 6.23 Å². The SMILES string of the molecule is CCCCCCCCCCC(NC(=O)CNC(=O)C(CO)NC(=O)CCC(=O)N[C@@H]1O[C@H](CO)[C@H](O)[C@H](O)[C@H]1O)C(=O)NC(CCCCCCCCCC)C(=O)NCC(N)=O. The van der Waals surface area contributed by atoms with Gasteiger partial charge in [-0.2, -0.15) is 0 Å². The summed E-state index contributed by atoms with van der Waals surface area (Å²) in [5, 5.41) is 63.7. The van der Waals surface area contributed by atoms with Gasteiger partial charge >= 0.3 is 0 Å². The molecule has 0 aromatic rings. The van der Waals surface area contributed by atoms with Gasteiger partial charge in [-0.1, -0.05) is 117 Å². The van der Waals surface area contributed by atoms with Crippen molar-refractivity contribution in [2.24, 2.45) is 5.73 Å². The highest BCUT2D eigenvalue weighted by Gasteiger charge is 2.44. The van der Waals surface area contributed by atoms with Gasteiger partial charge in [0.2, 0.25) is 41.4 Å². The second kappa shape index (κ2) is 32.7. The minimum atomic E-state index is -1.73. The van der Waals surface area contributed by atoms with Crippen LogP contribution in [0.3, 0.4) is 0 Å². The van der Waals surface area contributed by atoms with E-state index in [1.165, 1.54) is 19.3 Å². The molecule has 0 saturated carbocycles. The van der Waals surface area contributed by atoms with Crippen molar-refractivity contribution in [2.75, 3.05) is 26.3 Å². The summed E-state index contributed by atoms with van der Waals surface area (Å²) in [6.45, 7) is 1.69.